The highest BCUT2D eigenvalue weighted by Crippen LogP contribution is 2.33. The predicted octanol–water partition coefficient (Wildman–Crippen LogP) is 2.20. The van der Waals surface area contributed by atoms with Crippen LogP contribution in [0.1, 0.15) is 23.6 Å². The van der Waals surface area contributed by atoms with Crippen molar-refractivity contribution in [2.45, 2.75) is 18.9 Å². The Morgan fingerprint density at radius 3 is 2.64 bits per heavy atom. The molecule has 0 radical (unpaired) electrons. The monoisotopic (exact) mass is 338 g/mol. The molecule has 0 aromatic heterocycles. The Labute approximate surface area is 145 Å². The van der Waals surface area contributed by atoms with Gasteiger partial charge in [-0.15, -0.1) is 0 Å². The molecular formula is C19H18N2O4. The molecule has 1 atom stereocenters. The molecule has 0 saturated heterocycles. The number of aryl methyl sites for hydroxylation is 1. The minimum atomic E-state index is -0.693. The van der Waals surface area contributed by atoms with Crippen LogP contribution in [0.3, 0.4) is 0 Å². The van der Waals surface area contributed by atoms with E-state index in [1.807, 2.05) is 18.2 Å². The van der Waals surface area contributed by atoms with E-state index in [2.05, 4.69) is 16.7 Å². The van der Waals surface area contributed by atoms with Gasteiger partial charge < -0.3 is 20.1 Å². The van der Waals surface area contributed by atoms with E-state index in [4.69, 9.17) is 9.47 Å². The number of fused-ring (bicyclic) bond motifs is 2. The summed E-state index contributed by atoms with van der Waals surface area (Å²) in [6.45, 7) is 0.968. The van der Waals surface area contributed by atoms with Crippen LogP contribution in [0.25, 0.3) is 0 Å². The first-order chi connectivity index (χ1) is 12.2. The molecule has 1 aliphatic carbocycles. The first-order valence-electron chi connectivity index (χ1n) is 8.30. The van der Waals surface area contributed by atoms with Crippen LogP contribution in [0.15, 0.2) is 42.5 Å². The number of carbonyl (C=O) groups excluding carboxylic acids is 2. The van der Waals surface area contributed by atoms with E-state index in [0.29, 0.717) is 30.4 Å². The molecule has 6 nitrogen and oxygen atoms in total. The van der Waals surface area contributed by atoms with Gasteiger partial charge in [0.15, 0.2) is 11.5 Å². The molecule has 2 aromatic carbocycles. The average molecular weight is 338 g/mol. The summed E-state index contributed by atoms with van der Waals surface area (Å²) in [6.07, 6.45) is 1.72. The van der Waals surface area contributed by atoms with Crippen molar-refractivity contribution in [3.8, 4) is 11.5 Å². The number of ether oxygens (including phenoxy) is 2. The molecule has 0 bridgehead atoms. The van der Waals surface area contributed by atoms with E-state index in [9.17, 15) is 9.59 Å². The Bertz CT molecular complexity index is 834. The number of hydrogen-bond acceptors (Lipinski definition) is 4. The summed E-state index contributed by atoms with van der Waals surface area (Å²) < 4.78 is 10.9. The number of rotatable bonds is 2. The molecule has 0 saturated carbocycles. The highest BCUT2D eigenvalue weighted by atomic mass is 16.6. The van der Waals surface area contributed by atoms with Gasteiger partial charge in [-0.3, -0.25) is 9.59 Å². The highest BCUT2D eigenvalue weighted by Gasteiger charge is 2.26. The number of carbonyl (C=O) groups is 2. The maximum atomic E-state index is 12.2. The molecule has 25 heavy (non-hydrogen) atoms. The van der Waals surface area contributed by atoms with Gasteiger partial charge in [0.1, 0.15) is 13.2 Å². The maximum Gasteiger partial charge on any atom is 0.313 e. The van der Waals surface area contributed by atoms with E-state index in [1.54, 1.807) is 18.2 Å². The normalized spacial score (nSPS) is 17.5. The molecule has 1 heterocycles. The molecule has 0 fully saturated rings. The first-order valence-corrected chi connectivity index (χ1v) is 8.30. The minimum absolute atomic E-state index is 0.116. The quantitative estimate of drug-likeness (QED) is 0.823. The third-order valence-corrected chi connectivity index (χ3v) is 4.44. The highest BCUT2D eigenvalue weighted by molar-refractivity contribution is 6.39. The fourth-order valence-corrected chi connectivity index (χ4v) is 3.24. The summed E-state index contributed by atoms with van der Waals surface area (Å²) >= 11 is 0. The number of nitrogens with one attached hydrogen (secondary N) is 2. The Hall–Kier alpha value is -3.02. The van der Waals surface area contributed by atoms with Gasteiger partial charge in [0.2, 0.25) is 0 Å². The number of anilines is 1. The van der Waals surface area contributed by atoms with Crippen molar-refractivity contribution < 1.29 is 19.1 Å². The molecule has 0 spiro atoms. The van der Waals surface area contributed by atoms with Crippen LogP contribution in [0, 0.1) is 0 Å². The second-order valence-corrected chi connectivity index (χ2v) is 6.08. The van der Waals surface area contributed by atoms with Crippen molar-refractivity contribution in [3.63, 3.8) is 0 Å². The van der Waals surface area contributed by atoms with Crippen LogP contribution in [-0.4, -0.2) is 25.0 Å². The molecule has 2 aliphatic rings. The lowest BCUT2D eigenvalue weighted by molar-refractivity contribution is -0.136. The zero-order valence-corrected chi connectivity index (χ0v) is 13.6. The van der Waals surface area contributed by atoms with Crippen LogP contribution in [-0.2, 0) is 16.0 Å². The maximum absolute atomic E-state index is 12.2. The van der Waals surface area contributed by atoms with Crippen molar-refractivity contribution in [3.05, 3.63) is 53.6 Å². The van der Waals surface area contributed by atoms with Crippen LogP contribution >= 0.6 is 0 Å². The molecule has 128 valence electrons. The van der Waals surface area contributed by atoms with Crippen LogP contribution < -0.4 is 20.1 Å². The van der Waals surface area contributed by atoms with Gasteiger partial charge in [0.05, 0.1) is 6.04 Å². The van der Waals surface area contributed by atoms with Crippen molar-refractivity contribution in [2.75, 3.05) is 18.5 Å². The third kappa shape index (κ3) is 3.15. The topological polar surface area (TPSA) is 76.7 Å². The summed E-state index contributed by atoms with van der Waals surface area (Å²) in [5, 5.41) is 5.41. The Balaban J connectivity index is 1.41. The molecule has 1 unspecified atom stereocenters. The minimum Gasteiger partial charge on any atom is -0.486 e. The van der Waals surface area contributed by atoms with Crippen LogP contribution in [0.2, 0.25) is 0 Å². The Morgan fingerprint density at radius 1 is 0.960 bits per heavy atom. The van der Waals surface area contributed by atoms with Crippen molar-refractivity contribution in [2.24, 2.45) is 0 Å². The lowest BCUT2D eigenvalue weighted by Gasteiger charge is -2.19. The smallest absolute Gasteiger partial charge is 0.313 e. The fraction of sp³-hybridized carbons (Fsp3) is 0.263. The van der Waals surface area contributed by atoms with Gasteiger partial charge in [0, 0.05) is 11.8 Å². The van der Waals surface area contributed by atoms with Gasteiger partial charge in [-0.05, 0) is 36.1 Å². The third-order valence-electron chi connectivity index (χ3n) is 4.44. The van der Waals surface area contributed by atoms with E-state index in [-0.39, 0.29) is 6.04 Å². The van der Waals surface area contributed by atoms with E-state index < -0.39 is 11.8 Å². The second-order valence-electron chi connectivity index (χ2n) is 6.08. The van der Waals surface area contributed by atoms with E-state index in [1.165, 1.54) is 5.56 Å². The van der Waals surface area contributed by atoms with Gasteiger partial charge in [-0.25, -0.2) is 0 Å². The molecule has 1 aliphatic heterocycles. The molecular weight excluding hydrogens is 320 g/mol. The Kier molecular flexibility index (Phi) is 4.01. The lowest BCUT2D eigenvalue weighted by Crippen LogP contribution is -2.37. The summed E-state index contributed by atoms with van der Waals surface area (Å²) in [6, 6.07) is 12.9. The SMILES string of the molecule is O=C(Nc1ccc2c(c1)OCCO2)C(=O)NC1CCc2ccccc21. The summed E-state index contributed by atoms with van der Waals surface area (Å²) in [5.74, 6) is -0.136. The van der Waals surface area contributed by atoms with Crippen molar-refractivity contribution >= 4 is 17.5 Å². The average Bonchev–Trinajstić information content (AvgIpc) is 3.04. The summed E-state index contributed by atoms with van der Waals surface area (Å²) in [7, 11) is 0. The standard InChI is InChI=1S/C19H18N2O4/c22-18(20-13-6-8-16-17(11-13)25-10-9-24-16)19(23)21-15-7-5-12-3-1-2-4-14(12)15/h1-4,6,8,11,15H,5,7,9-10H2,(H,20,22)(H,21,23). The Morgan fingerprint density at radius 2 is 1.76 bits per heavy atom. The van der Waals surface area contributed by atoms with Crippen molar-refractivity contribution in [1.82, 2.24) is 5.32 Å². The predicted molar refractivity (Wildman–Crippen MR) is 91.7 cm³/mol. The molecule has 6 heteroatoms. The van der Waals surface area contributed by atoms with Crippen LogP contribution in [0.5, 0.6) is 11.5 Å². The van der Waals surface area contributed by atoms with Crippen molar-refractivity contribution in [1.29, 1.82) is 0 Å². The number of amides is 2. The lowest BCUT2D eigenvalue weighted by atomic mass is 10.1. The molecule has 2 amide bonds. The summed E-state index contributed by atoms with van der Waals surface area (Å²) in [4.78, 5) is 24.4. The number of benzene rings is 2. The number of hydrogen-bond donors (Lipinski definition) is 2. The first kappa shape index (κ1) is 15.5. The zero-order valence-electron chi connectivity index (χ0n) is 13.6. The second kappa shape index (κ2) is 6.47. The van der Waals surface area contributed by atoms with Crippen LogP contribution in [0.4, 0.5) is 5.69 Å². The van der Waals surface area contributed by atoms with Gasteiger partial charge in [0.25, 0.3) is 0 Å². The molecule has 4 rings (SSSR count). The largest absolute Gasteiger partial charge is 0.486 e. The van der Waals surface area contributed by atoms with Gasteiger partial charge >= 0.3 is 11.8 Å². The fourth-order valence-electron chi connectivity index (χ4n) is 3.24. The van der Waals surface area contributed by atoms with E-state index >= 15 is 0 Å². The molecule has 2 aromatic rings. The zero-order chi connectivity index (χ0) is 17.2. The van der Waals surface area contributed by atoms with Gasteiger partial charge in [-0.2, -0.15) is 0 Å². The van der Waals surface area contributed by atoms with E-state index in [0.717, 1.165) is 18.4 Å². The summed E-state index contributed by atoms with van der Waals surface area (Å²) in [5.41, 5.74) is 2.80. The van der Waals surface area contributed by atoms with Gasteiger partial charge in [-0.1, -0.05) is 24.3 Å². The molecule has 2 N–H and O–H groups in total.